The summed E-state index contributed by atoms with van der Waals surface area (Å²) in [7, 11) is -3.98. The third-order valence-corrected chi connectivity index (χ3v) is 8.23. The summed E-state index contributed by atoms with van der Waals surface area (Å²) in [5, 5.41) is 3.07. The number of nitrogens with one attached hydrogen (secondary N) is 1. The number of fused-ring (bicyclic) bond motifs is 1. The first-order chi connectivity index (χ1) is 16.5. The van der Waals surface area contributed by atoms with Gasteiger partial charge in [0.25, 0.3) is 10.0 Å². The van der Waals surface area contributed by atoms with Crippen LogP contribution < -0.4 is 14.4 Å². The zero-order valence-electron chi connectivity index (χ0n) is 20.8. The van der Waals surface area contributed by atoms with Gasteiger partial charge in [0.05, 0.1) is 16.6 Å². The second-order valence-corrected chi connectivity index (χ2v) is 11.6. The third kappa shape index (κ3) is 5.20. The molecule has 1 aliphatic heterocycles. The Morgan fingerprint density at radius 1 is 1.00 bits per heavy atom. The molecule has 35 heavy (non-hydrogen) atoms. The molecule has 3 aromatic rings. The molecule has 0 fully saturated rings. The molecule has 0 saturated heterocycles. The van der Waals surface area contributed by atoms with Gasteiger partial charge in [-0.3, -0.25) is 9.10 Å². The minimum Gasteiger partial charge on any atom is -0.487 e. The van der Waals surface area contributed by atoms with Crippen molar-refractivity contribution in [3.05, 3.63) is 89.0 Å². The van der Waals surface area contributed by atoms with Crippen molar-refractivity contribution in [1.82, 2.24) is 5.32 Å². The van der Waals surface area contributed by atoms with Crippen LogP contribution in [-0.2, 0) is 14.8 Å². The molecule has 0 saturated carbocycles. The summed E-state index contributed by atoms with van der Waals surface area (Å²) in [4.78, 5) is 13.5. The van der Waals surface area contributed by atoms with Gasteiger partial charge >= 0.3 is 0 Å². The number of benzene rings is 3. The van der Waals surface area contributed by atoms with Crippen LogP contribution >= 0.6 is 0 Å². The lowest BCUT2D eigenvalue weighted by Crippen LogP contribution is -2.45. The maximum absolute atomic E-state index is 13.8. The van der Waals surface area contributed by atoms with Gasteiger partial charge < -0.3 is 10.1 Å². The first kappa shape index (κ1) is 24.8. The van der Waals surface area contributed by atoms with E-state index in [0.717, 1.165) is 28.0 Å². The number of rotatable bonds is 6. The van der Waals surface area contributed by atoms with Crippen LogP contribution in [0, 0.1) is 20.8 Å². The second kappa shape index (κ2) is 9.38. The average Bonchev–Trinajstić information content (AvgIpc) is 2.79. The van der Waals surface area contributed by atoms with Crippen molar-refractivity contribution in [3.8, 4) is 5.75 Å². The van der Waals surface area contributed by atoms with E-state index in [1.807, 2.05) is 71.0 Å². The fraction of sp³-hybridized carbons (Fsp3) is 0.321. The monoisotopic (exact) mass is 492 g/mol. The van der Waals surface area contributed by atoms with Gasteiger partial charge in [-0.2, -0.15) is 0 Å². The maximum atomic E-state index is 13.8. The number of anilines is 1. The minimum atomic E-state index is -3.98. The molecule has 1 amide bonds. The van der Waals surface area contributed by atoms with E-state index in [-0.39, 0.29) is 23.4 Å². The smallest absolute Gasteiger partial charge is 0.264 e. The summed E-state index contributed by atoms with van der Waals surface area (Å²) < 4.78 is 34.8. The molecule has 7 heteroatoms. The molecule has 0 spiro atoms. The van der Waals surface area contributed by atoms with E-state index in [2.05, 4.69) is 5.32 Å². The molecule has 0 bridgehead atoms. The van der Waals surface area contributed by atoms with Crippen LogP contribution in [0.25, 0.3) is 0 Å². The molecular formula is C28H32N2O4S. The summed E-state index contributed by atoms with van der Waals surface area (Å²) in [6.45, 7) is 9.33. The van der Waals surface area contributed by atoms with Crippen molar-refractivity contribution in [2.45, 2.75) is 57.6 Å². The van der Waals surface area contributed by atoms with Gasteiger partial charge in [0.2, 0.25) is 5.91 Å². The lowest BCUT2D eigenvalue weighted by atomic mass is 9.89. The number of hydrogen-bond acceptors (Lipinski definition) is 4. The molecule has 4 rings (SSSR count). The number of ether oxygens (including phenoxy) is 1. The van der Waals surface area contributed by atoms with E-state index in [1.165, 1.54) is 4.31 Å². The van der Waals surface area contributed by atoms with Gasteiger partial charge in [-0.1, -0.05) is 48.0 Å². The molecule has 0 radical (unpaired) electrons. The van der Waals surface area contributed by atoms with Crippen molar-refractivity contribution >= 4 is 21.6 Å². The van der Waals surface area contributed by atoms with Crippen LogP contribution in [0.4, 0.5) is 5.69 Å². The molecule has 1 atom stereocenters. The number of amides is 1. The Morgan fingerprint density at radius 3 is 2.40 bits per heavy atom. The molecule has 1 N–H and O–H groups in total. The highest BCUT2D eigenvalue weighted by molar-refractivity contribution is 7.92. The highest BCUT2D eigenvalue weighted by atomic mass is 32.2. The fourth-order valence-corrected chi connectivity index (χ4v) is 5.92. The Labute approximate surface area is 208 Å². The maximum Gasteiger partial charge on any atom is 0.264 e. The average molecular weight is 493 g/mol. The summed E-state index contributed by atoms with van der Waals surface area (Å²) in [5.41, 5.74) is 3.64. The predicted octanol–water partition coefficient (Wildman–Crippen LogP) is 5.23. The van der Waals surface area contributed by atoms with E-state index < -0.39 is 15.6 Å². The fourth-order valence-electron chi connectivity index (χ4n) is 4.44. The van der Waals surface area contributed by atoms with Gasteiger partial charge in [0.1, 0.15) is 17.9 Å². The van der Waals surface area contributed by atoms with Gasteiger partial charge in [0, 0.05) is 12.0 Å². The summed E-state index contributed by atoms with van der Waals surface area (Å²) >= 11 is 0. The number of carbonyl (C=O) groups excluding carboxylic acids is 1. The first-order valence-corrected chi connectivity index (χ1v) is 13.1. The molecule has 0 aliphatic carbocycles. The number of para-hydroxylation sites is 1. The second-order valence-electron chi connectivity index (χ2n) is 9.77. The Hall–Kier alpha value is -3.32. The van der Waals surface area contributed by atoms with E-state index in [0.29, 0.717) is 12.1 Å². The van der Waals surface area contributed by atoms with Gasteiger partial charge in [-0.25, -0.2) is 8.42 Å². The Kier molecular flexibility index (Phi) is 6.64. The highest BCUT2D eigenvalue weighted by Gasteiger charge is 2.35. The number of aryl methyl sites for hydroxylation is 2. The molecule has 6 nitrogen and oxygen atoms in total. The summed E-state index contributed by atoms with van der Waals surface area (Å²) in [5.74, 6) is 0.354. The number of hydrogen-bond donors (Lipinski definition) is 1. The standard InChI is InChI=1S/C28H32N2O4S/c1-19-13-15-22(16-14-19)35(32,33)30(25-11-8-9-20(2)21(25)3)18-27(31)29-24-17-28(4,5)34-26-12-7-6-10-23(24)26/h6-16,24H,17-18H2,1-5H3,(H,29,31). The van der Waals surface area contributed by atoms with E-state index >= 15 is 0 Å². The van der Waals surface area contributed by atoms with Crippen molar-refractivity contribution in [3.63, 3.8) is 0 Å². The highest BCUT2D eigenvalue weighted by Crippen LogP contribution is 2.39. The van der Waals surface area contributed by atoms with Crippen molar-refractivity contribution in [2.75, 3.05) is 10.8 Å². The quantitative estimate of drug-likeness (QED) is 0.512. The molecule has 0 aromatic heterocycles. The van der Waals surface area contributed by atoms with Gasteiger partial charge in [0.15, 0.2) is 0 Å². The Morgan fingerprint density at radius 2 is 1.69 bits per heavy atom. The van der Waals surface area contributed by atoms with Crippen molar-refractivity contribution < 1.29 is 17.9 Å². The Bertz CT molecular complexity index is 1350. The van der Waals surface area contributed by atoms with Crippen LogP contribution in [0.15, 0.2) is 71.6 Å². The summed E-state index contributed by atoms with van der Waals surface area (Å²) in [6.07, 6.45) is 0.573. The lowest BCUT2D eigenvalue weighted by Gasteiger charge is -2.38. The van der Waals surface area contributed by atoms with Crippen molar-refractivity contribution in [2.24, 2.45) is 0 Å². The largest absolute Gasteiger partial charge is 0.487 e. The summed E-state index contributed by atoms with van der Waals surface area (Å²) in [6, 6.07) is 19.5. The van der Waals surface area contributed by atoms with Crippen molar-refractivity contribution in [1.29, 1.82) is 0 Å². The molecule has 3 aromatic carbocycles. The van der Waals surface area contributed by atoms with Crippen LogP contribution in [0.3, 0.4) is 0 Å². The van der Waals surface area contributed by atoms with E-state index in [4.69, 9.17) is 4.74 Å². The zero-order chi connectivity index (χ0) is 25.4. The predicted molar refractivity (Wildman–Crippen MR) is 138 cm³/mol. The zero-order valence-corrected chi connectivity index (χ0v) is 21.6. The molecule has 1 aliphatic rings. The first-order valence-electron chi connectivity index (χ1n) is 11.7. The molecule has 1 heterocycles. The Balaban J connectivity index is 1.68. The number of nitrogens with zero attached hydrogens (tertiary/aromatic N) is 1. The normalized spacial score (nSPS) is 16.7. The molecular weight excluding hydrogens is 460 g/mol. The molecule has 1 unspecified atom stereocenters. The minimum absolute atomic E-state index is 0.148. The van der Waals surface area contributed by atoms with E-state index in [9.17, 15) is 13.2 Å². The van der Waals surface area contributed by atoms with E-state index in [1.54, 1.807) is 30.3 Å². The van der Waals surface area contributed by atoms with Gasteiger partial charge in [-0.15, -0.1) is 0 Å². The van der Waals surface area contributed by atoms with Crippen LogP contribution in [0.2, 0.25) is 0 Å². The number of carbonyl (C=O) groups is 1. The lowest BCUT2D eigenvalue weighted by molar-refractivity contribution is -0.120. The number of sulfonamides is 1. The topological polar surface area (TPSA) is 75.7 Å². The SMILES string of the molecule is Cc1ccc(S(=O)(=O)N(CC(=O)NC2CC(C)(C)Oc3ccccc32)c2cccc(C)c2C)cc1. The third-order valence-electron chi connectivity index (χ3n) is 6.45. The van der Waals surface area contributed by atoms with Crippen LogP contribution in [-0.4, -0.2) is 26.5 Å². The van der Waals surface area contributed by atoms with Gasteiger partial charge in [-0.05, 0) is 70.0 Å². The van der Waals surface area contributed by atoms with Crippen LogP contribution in [0.5, 0.6) is 5.75 Å². The molecule has 184 valence electrons. The van der Waals surface area contributed by atoms with Crippen LogP contribution in [0.1, 0.15) is 48.6 Å².